The van der Waals surface area contributed by atoms with Gasteiger partial charge < -0.3 is 13.9 Å². The van der Waals surface area contributed by atoms with Crippen LogP contribution in [0.15, 0.2) is 40.1 Å². The highest BCUT2D eigenvalue weighted by Gasteiger charge is 2.20. The van der Waals surface area contributed by atoms with E-state index >= 15 is 0 Å². The van der Waals surface area contributed by atoms with Gasteiger partial charge in [-0.05, 0) is 24.4 Å². The molecule has 134 valence electrons. The van der Waals surface area contributed by atoms with Crippen molar-refractivity contribution in [1.29, 1.82) is 0 Å². The van der Waals surface area contributed by atoms with Crippen LogP contribution in [0.3, 0.4) is 0 Å². The van der Waals surface area contributed by atoms with Gasteiger partial charge in [0.2, 0.25) is 5.89 Å². The van der Waals surface area contributed by atoms with E-state index in [1.165, 1.54) is 30.6 Å². The molecule has 26 heavy (non-hydrogen) atoms. The lowest BCUT2D eigenvalue weighted by molar-refractivity contribution is -0.384. The van der Waals surface area contributed by atoms with Crippen LogP contribution in [-0.4, -0.2) is 23.0 Å². The lowest BCUT2D eigenvalue weighted by Crippen LogP contribution is -2.08. The van der Waals surface area contributed by atoms with Crippen LogP contribution in [0.5, 0.6) is 5.75 Å². The Morgan fingerprint density at radius 2 is 2.19 bits per heavy atom. The minimum atomic E-state index is -0.745. The first-order valence-corrected chi connectivity index (χ1v) is 8.37. The van der Waals surface area contributed by atoms with Crippen LogP contribution >= 0.6 is 11.3 Å². The van der Waals surface area contributed by atoms with Gasteiger partial charge in [-0.1, -0.05) is 6.07 Å². The second-order valence-electron chi connectivity index (χ2n) is 5.22. The third-order valence-corrected chi connectivity index (χ3v) is 4.44. The van der Waals surface area contributed by atoms with E-state index in [0.717, 1.165) is 10.9 Å². The van der Waals surface area contributed by atoms with Gasteiger partial charge in [0.1, 0.15) is 29.4 Å². The smallest absolute Gasteiger partial charge is 0.342 e. The van der Waals surface area contributed by atoms with Gasteiger partial charge in [-0.25, -0.2) is 9.78 Å². The van der Waals surface area contributed by atoms with E-state index in [1.54, 1.807) is 6.92 Å². The van der Waals surface area contributed by atoms with Crippen molar-refractivity contribution in [2.24, 2.45) is 0 Å². The van der Waals surface area contributed by atoms with Crippen LogP contribution in [0.2, 0.25) is 0 Å². The predicted octanol–water partition coefficient (Wildman–Crippen LogP) is 3.99. The Hall–Kier alpha value is -3.20. The van der Waals surface area contributed by atoms with E-state index in [4.69, 9.17) is 13.9 Å². The summed E-state index contributed by atoms with van der Waals surface area (Å²) < 4.78 is 15.9. The Morgan fingerprint density at radius 3 is 2.85 bits per heavy atom. The topological polar surface area (TPSA) is 105 Å². The Balaban J connectivity index is 1.77. The van der Waals surface area contributed by atoms with Crippen molar-refractivity contribution >= 4 is 23.0 Å². The van der Waals surface area contributed by atoms with E-state index in [0.29, 0.717) is 17.3 Å². The molecule has 0 bridgehead atoms. The summed E-state index contributed by atoms with van der Waals surface area (Å²) in [6.07, 6.45) is 0. The van der Waals surface area contributed by atoms with E-state index in [-0.39, 0.29) is 23.6 Å². The average Bonchev–Trinajstić information content (AvgIpc) is 3.28. The van der Waals surface area contributed by atoms with Gasteiger partial charge in [-0.2, -0.15) is 0 Å². The molecule has 1 aromatic carbocycles. The Morgan fingerprint density at radius 1 is 1.38 bits per heavy atom. The first-order chi connectivity index (χ1) is 12.5. The van der Waals surface area contributed by atoms with Gasteiger partial charge in [0.05, 0.1) is 16.9 Å². The van der Waals surface area contributed by atoms with E-state index in [2.05, 4.69) is 4.98 Å². The number of esters is 1. The van der Waals surface area contributed by atoms with Crippen LogP contribution in [0.25, 0.3) is 10.8 Å². The minimum absolute atomic E-state index is 0.0265. The van der Waals surface area contributed by atoms with Gasteiger partial charge in [0.25, 0.3) is 5.69 Å². The number of ether oxygens (including phenoxy) is 2. The summed E-state index contributed by atoms with van der Waals surface area (Å²) in [5, 5.41) is 12.8. The summed E-state index contributed by atoms with van der Waals surface area (Å²) in [4.78, 5) is 27.9. The fourth-order valence-electron chi connectivity index (χ4n) is 2.25. The molecule has 0 saturated heterocycles. The number of carbonyl (C=O) groups excluding carboxylic acids is 1. The monoisotopic (exact) mass is 374 g/mol. The van der Waals surface area contributed by atoms with Gasteiger partial charge in [-0.3, -0.25) is 10.1 Å². The molecule has 3 rings (SSSR count). The van der Waals surface area contributed by atoms with Crippen molar-refractivity contribution in [3.63, 3.8) is 0 Å². The molecule has 0 saturated carbocycles. The number of benzene rings is 1. The van der Waals surface area contributed by atoms with Gasteiger partial charge in [-0.15, -0.1) is 11.3 Å². The summed E-state index contributed by atoms with van der Waals surface area (Å²) in [6, 6.07) is 7.48. The zero-order valence-corrected chi connectivity index (χ0v) is 14.7. The van der Waals surface area contributed by atoms with Gasteiger partial charge in [0.15, 0.2) is 0 Å². The maximum absolute atomic E-state index is 12.3. The highest BCUT2D eigenvalue weighted by atomic mass is 32.1. The summed E-state index contributed by atoms with van der Waals surface area (Å²) in [5.41, 5.74) is 0.225. The minimum Gasteiger partial charge on any atom is -0.496 e. The van der Waals surface area contributed by atoms with Crippen molar-refractivity contribution in [2.75, 3.05) is 7.11 Å². The molecule has 0 radical (unpaired) electrons. The van der Waals surface area contributed by atoms with Crippen LogP contribution < -0.4 is 4.74 Å². The zero-order chi connectivity index (χ0) is 18.7. The third-order valence-electron chi connectivity index (χ3n) is 3.58. The number of aromatic nitrogens is 1. The fraction of sp³-hybridized carbons (Fsp3) is 0.176. The molecule has 0 fully saturated rings. The predicted molar refractivity (Wildman–Crippen MR) is 93.3 cm³/mol. The summed E-state index contributed by atoms with van der Waals surface area (Å²) in [7, 11) is 1.37. The molecule has 8 nitrogen and oxygen atoms in total. The second kappa shape index (κ2) is 7.36. The second-order valence-corrected chi connectivity index (χ2v) is 6.16. The van der Waals surface area contributed by atoms with E-state index in [9.17, 15) is 14.9 Å². The first-order valence-electron chi connectivity index (χ1n) is 7.49. The SMILES string of the molecule is COc1ccc([N+](=O)[O-])cc1C(=O)OCc1nc(-c2cccs2)oc1C. The molecular formula is C17H14N2O6S. The number of nitro benzene ring substituents is 1. The summed E-state index contributed by atoms with van der Waals surface area (Å²) in [6.45, 7) is 1.60. The van der Waals surface area contributed by atoms with Crippen LogP contribution in [0.1, 0.15) is 21.8 Å². The number of aryl methyl sites for hydroxylation is 1. The zero-order valence-electron chi connectivity index (χ0n) is 13.9. The molecule has 0 aliphatic carbocycles. The highest BCUT2D eigenvalue weighted by Crippen LogP contribution is 2.27. The quantitative estimate of drug-likeness (QED) is 0.365. The Bertz CT molecular complexity index is 948. The molecule has 0 aliphatic heterocycles. The van der Waals surface area contributed by atoms with Crippen molar-refractivity contribution in [3.05, 3.63) is 62.8 Å². The first kappa shape index (κ1) is 17.6. The molecule has 9 heteroatoms. The summed E-state index contributed by atoms with van der Waals surface area (Å²) >= 11 is 1.48. The largest absolute Gasteiger partial charge is 0.496 e. The number of oxazole rings is 1. The molecule has 0 spiro atoms. The highest BCUT2D eigenvalue weighted by molar-refractivity contribution is 7.13. The summed E-state index contributed by atoms with van der Waals surface area (Å²) in [5.74, 6) is 0.436. The molecule has 0 unspecified atom stereocenters. The molecule has 2 aromatic heterocycles. The van der Waals surface area contributed by atoms with Crippen LogP contribution in [0, 0.1) is 17.0 Å². The standard InChI is InChI=1S/C17H14N2O6S/c1-10-13(18-16(25-10)15-4-3-7-26-15)9-24-17(20)12-8-11(19(21)22)5-6-14(12)23-2/h3-8H,9H2,1-2H3. The van der Waals surface area contributed by atoms with Crippen LogP contribution in [0.4, 0.5) is 5.69 Å². The molecule has 2 heterocycles. The number of rotatable bonds is 6. The number of hydrogen-bond acceptors (Lipinski definition) is 8. The number of carbonyl (C=O) groups is 1. The Labute approximate surface area is 152 Å². The van der Waals surface area contributed by atoms with E-state index in [1.807, 2.05) is 17.5 Å². The number of hydrogen-bond donors (Lipinski definition) is 0. The number of thiophene rings is 1. The molecule has 3 aromatic rings. The lowest BCUT2D eigenvalue weighted by atomic mass is 10.2. The number of nitrogens with zero attached hydrogens (tertiary/aromatic N) is 2. The number of methoxy groups -OCH3 is 1. The molecule has 0 amide bonds. The van der Waals surface area contributed by atoms with E-state index < -0.39 is 10.9 Å². The third kappa shape index (κ3) is 3.57. The van der Waals surface area contributed by atoms with Gasteiger partial charge in [0, 0.05) is 12.1 Å². The van der Waals surface area contributed by atoms with Gasteiger partial charge >= 0.3 is 5.97 Å². The maximum Gasteiger partial charge on any atom is 0.342 e. The number of nitro groups is 1. The van der Waals surface area contributed by atoms with Crippen molar-refractivity contribution < 1.29 is 23.6 Å². The van der Waals surface area contributed by atoms with Crippen LogP contribution in [-0.2, 0) is 11.3 Å². The average molecular weight is 374 g/mol. The number of non-ortho nitro benzene ring substituents is 1. The fourth-order valence-corrected chi connectivity index (χ4v) is 2.90. The maximum atomic E-state index is 12.3. The Kier molecular flexibility index (Phi) is 4.99. The molecule has 0 atom stereocenters. The van der Waals surface area contributed by atoms with Crippen molar-refractivity contribution in [2.45, 2.75) is 13.5 Å². The lowest BCUT2D eigenvalue weighted by Gasteiger charge is -2.08. The van der Waals surface area contributed by atoms with Crippen molar-refractivity contribution in [1.82, 2.24) is 4.98 Å². The van der Waals surface area contributed by atoms with Crippen molar-refractivity contribution in [3.8, 4) is 16.5 Å². The normalized spacial score (nSPS) is 10.5. The molecule has 0 aliphatic rings. The molecule has 0 N–H and O–H groups in total. The molecular weight excluding hydrogens is 360 g/mol.